The first-order valence-electron chi connectivity index (χ1n) is 7.44. The van der Waals surface area contributed by atoms with Crippen LogP contribution in [0.3, 0.4) is 0 Å². The monoisotopic (exact) mass is 254 g/mol. The number of likely N-dealkylation sites (N-methyl/N-ethyl adjacent to an activating group) is 1. The molecule has 0 amide bonds. The Bertz CT molecular complexity index is 242. The first-order chi connectivity index (χ1) is 8.65. The van der Waals surface area contributed by atoms with Gasteiger partial charge in [-0.05, 0) is 33.2 Å². The normalized spacial score (nSPS) is 18.5. The largest absolute Gasteiger partial charge is 0.370 e. The highest BCUT2D eigenvalue weighted by atomic mass is 15.3. The van der Waals surface area contributed by atoms with Gasteiger partial charge in [0.1, 0.15) is 0 Å². The number of aliphatic imine (C=N–C) groups is 1. The summed E-state index contributed by atoms with van der Waals surface area (Å²) in [5, 5.41) is 0. The molecule has 0 aromatic carbocycles. The zero-order valence-electron chi connectivity index (χ0n) is 12.4. The lowest BCUT2D eigenvalue weighted by molar-refractivity contribution is 0.240. The highest BCUT2D eigenvalue weighted by Gasteiger charge is 2.11. The lowest BCUT2D eigenvalue weighted by Crippen LogP contribution is -2.39. The molecule has 0 radical (unpaired) electrons. The Morgan fingerprint density at radius 2 is 1.83 bits per heavy atom. The van der Waals surface area contributed by atoms with E-state index in [1.54, 1.807) is 0 Å². The number of hydrogen-bond donors (Lipinski definition) is 1. The number of rotatable bonds is 5. The smallest absolute Gasteiger partial charge is 0.191 e. The third kappa shape index (κ3) is 5.25. The highest BCUT2D eigenvalue weighted by Crippen LogP contribution is 2.09. The summed E-state index contributed by atoms with van der Waals surface area (Å²) in [5.41, 5.74) is 6.08. The van der Waals surface area contributed by atoms with Crippen molar-refractivity contribution in [3.8, 4) is 0 Å². The van der Waals surface area contributed by atoms with E-state index in [0.29, 0.717) is 6.04 Å². The fraction of sp³-hybridized carbons (Fsp3) is 0.929. The number of likely N-dealkylation sites (tertiary alicyclic amines) is 1. The van der Waals surface area contributed by atoms with Crippen molar-refractivity contribution in [3.63, 3.8) is 0 Å². The van der Waals surface area contributed by atoms with Gasteiger partial charge in [-0.2, -0.15) is 0 Å². The summed E-state index contributed by atoms with van der Waals surface area (Å²) in [6, 6.07) is 0.588. The summed E-state index contributed by atoms with van der Waals surface area (Å²) in [7, 11) is 0. The molecule has 1 heterocycles. The molecule has 106 valence electrons. The van der Waals surface area contributed by atoms with Crippen molar-refractivity contribution in [1.29, 1.82) is 0 Å². The molecule has 0 aromatic rings. The lowest BCUT2D eigenvalue weighted by atomic mass is 10.2. The maximum absolute atomic E-state index is 6.08. The fourth-order valence-corrected chi connectivity index (χ4v) is 2.47. The molecule has 1 rings (SSSR count). The van der Waals surface area contributed by atoms with E-state index in [-0.39, 0.29) is 0 Å². The molecule has 1 saturated heterocycles. The summed E-state index contributed by atoms with van der Waals surface area (Å²) >= 11 is 0. The second-order valence-corrected chi connectivity index (χ2v) is 5.36. The summed E-state index contributed by atoms with van der Waals surface area (Å²) < 4.78 is 0. The topological polar surface area (TPSA) is 44.9 Å². The van der Waals surface area contributed by atoms with Gasteiger partial charge in [-0.25, -0.2) is 0 Å². The van der Waals surface area contributed by atoms with Crippen molar-refractivity contribution in [2.24, 2.45) is 10.7 Å². The Hall–Kier alpha value is -0.770. The molecule has 18 heavy (non-hydrogen) atoms. The molecule has 0 unspecified atom stereocenters. The maximum atomic E-state index is 6.08. The molecule has 2 N–H and O–H groups in total. The molecule has 4 heteroatoms. The van der Waals surface area contributed by atoms with E-state index in [0.717, 1.165) is 38.7 Å². The van der Waals surface area contributed by atoms with Gasteiger partial charge in [0, 0.05) is 25.7 Å². The predicted octanol–water partition coefficient (Wildman–Crippen LogP) is 1.91. The van der Waals surface area contributed by atoms with Gasteiger partial charge in [0.05, 0.1) is 6.54 Å². The second kappa shape index (κ2) is 8.35. The van der Waals surface area contributed by atoms with E-state index in [9.17, 15) is 0 Å². The second-order valence-electron chi connectivity index (χ2n) is 5.36. The SMILES string of the molecule is CCN(CCN=C(N)N1CCCCCC1)C(C)C. The Labute approximate surface area is 112 Å². The Kier molecular flexibility index (Phi) is 7.09. The van der Waals surface area contributed by atoms with Crippen LogP contribution in [0.5, 0.6) is 0 Å². The van der Waals surface area contributed by atoms with E-state index in [4.69, 9.17) is 5.73 Å². The molecule has 1 fully saturated rings. The van der Waals surface area contributed by atoms with Gasteiger partial charge in [0.2, 0.25) is 0 Å². The predicted molar refractivity (Wildman–Crippen MR) is 78.9 cm³/mol. The summed E-state index contributed by atoms with van der Waals surface area (Å²) in [5.74, 6) is 0.747. The van der Waals surface area contributed by atoms with Gasteiger partial charge in [-0.1, -0.05) is 19.8 Å². The van der Waals surface area contributed by atoms with Gasteiger partial charge < -0.3 is 10.6 Å². The molecule has 0 aliphatic carbocycles. The van der Waals surface area contributed by atoms with E-state index >= 15 is 0 Å². The third-order valence-electron chi connectivity index (χ3n) is 3.73. The average Bonchev–Trinajstić information content (AvgIpc) is 2.62. The zero-order valence-corrected chi connectivity index (χ0v) is 12.4. The van der Waals surface area contributed by atoms with Crippen LogP contribution in [0.15, 0.2) is 4.99 Å². The van der Waals surface area contributed by atoms with Crippen molar-refractivity contribution in [1.82, 2.24) is 9.80 Å². The van der Waals surface area contributed by atoms with Crippen molar-refractivity contribution < 1.29 is 0 Å². The third-order valence-corrected chi connectivity index (χ3v) is 3.73. The van der Waals surface area contributed by atoms with E-state index < -0.39 is 0 Å². The molecule has 4 nitrogen and oxygen atoms in total. The molecule has 0 atom stereocenters. The fourth-order valence-electron chi connectivity index (χ4n) is 2.47. The van der Waals surface area contributed by atoms with Crippen LogP contribution < -0.4 is 5.73 Å². The summed E-state index contributed by atoms with van der Waals surface area (Å²) in [6.07, 6.45) is 5.17. The number of nitrogens with two attached hydrogens (primary N) is 1. The minimum Gasteiger partial charge on any atom is -0.370 e. The van der Waals surface area contributed by atoms with Gasteiger partial charge in [0.25, 0.3) is 0 Å². The van der Waals surface area contributed by atoms with Crippen LogP contribution in [-0.2, 0) is 0 Å². The number of guanidine groups is 1. The van der Waals surface area contributed by atoms with Crippen LogP contribution in [0.2, 0.25) is 0 Å². The minimum atomic E-state index is 0.588. The minimum absolute atomic E-state index is 0.588. The number of nitrogens with zero attached hydrogens (tertiary/aromatic N) is 3. The molecule has 0 bridgehead atoms. The Balaban J connectivity index is 2.35. The Morgan fingerprint density at radius 3 is 2.33 bits per heavy atom. The number of hydrogen-bond acceptors (Lipinski definition) is 2. The van der Waals surface area contributed by atoms with Crippen LogP contribution in [0.25, 0.3) is 0 Å². The Morgan fingerprint density at radius 1 is 1.22 bits per heavy atom. The molecule has 0 aromatic heterocycles. The van der Waals surface area contributed by atoms with Gasteiger partial charge >= 0.3 is 0 Å². The van der Waals surface area contributed by atoms with Crippen molar-refractivity contribution in [3.05, 3.63) is 0 Å². The van der Waals surface area contributed by atoms with Crippen molar-refractivity contribution >= 4 is 5.96 Å². The van der Waals surface area contributed by atoms with Crippen LogP contribution in [0.4, 0.5) is 0 Å². The molecule has 1 aliphatic rings. The zero-order chi connectivity index (χ0) is 13.4. The maximum Gasteiger partial charge on any atom is 0.191 e. The first-order valence-corrected chi connectivity index (χ1v) is 7.44. The molecule has 0 spiro atoms. The lowest BCUT2D eigenvalue weighted by Gasteiger charge is -2.25. The molecular formula is C14H30N4. The molecular weight excluding hydrogens is 224 g/mol. The van der Waals surface area contributed by atoms with Crippen LogP contribution in [0, 0.1) is 0 Å². The van der Waals surface area contributed by atoms with Crippen molar-refractivity contribution in [2.75, 3.05) is 32.7 Å². The quantitative estimate of drug-likeness (QED) is 0.602. The van der Waals surface area contributed by atoms with E-state index in [1.807, 2.05) is 0 Å². The van der Waals surface area contributed by atoms with Crippen LogP contribution in [0.1, 0.15) is 46.5 Å². The molecule has 0 saturated carbocycles. The van der Waals surface area contributed by atoms with E-state index in [1.165, 1.54) is 25.7 Å². The summed E-state index contributed by atoms with van der Waals surface area (Å²) in [6.45, 7) is 11.7. The van der Waals surface area contributed by atoms with Crippen LogP contribution in [-0.4, -0.2) is 54.5 Å². The average molecular weight is 254 g/mol. The summed E-state index contributed by atoms with van der Waals surface area (Å²) in [4.78, 5) is 9.20. The molecule has 1 aliphatic heterocycles. The van der Waals surface area contributed by atoms with Crippen molar-refractivity contribution in [2.45, 2.75) is 52.5 Å². The standard InChI is InChI=1S/C14H30N4/c1-4-17(13(2)3)12-9-16-14(15)18-10-7-5-6-8-11-18/h13H,4-12H2,1-3H3,(H2,15,16). The highest BCUT2D eigenvalue weighted by molar-refractivity contribution is 5.78. The first kappa shape index (κ1) is 15.3. The van der Waals surface area contributed by atoms with Gasteiger partial charge in [-0.15, -0.1) is 0 Å². The van der Waals surface area contributed by atoms with E-state index in [2.05, 4.69) is 35.6 Å². The van der Waals surface area contributed by atoms with Gasteiger partial charge in [-0.3, -0.25) is 9.89 Å². The van der Waals surface area contributed by atoms with Crippen LogP contribution >= 0.6 is 0 Å². The van der Waals surface area contributed by atoms with Gasteiger partial charge in [0.15, 0.2) is 5.96 Å².